The summed E-state index contributed by atoms with van der Waals surface area (Å²) in [5, 5.41) is 0. The maximum atomic E-state index is 10.8. The van der Waals surface area contributed by atoms with Gasteiger partial charge in [-0.1, -0.05) is 18.9 Å². The molecule has 1 aliphatic carbocycles. The number of ether oxygens (including phenoxy) is 2. The Morgan fingerprint density at radius 1 is 1.21 bits per heavy atom. The van der Waals surface area contributed by atoms with Crippen molar-refractivity contribution in [1.29, 1.82) is 0 Å². The second-order valence-corrected chi connectivity index (χ2v) is 5.69. The molecule has 1 heterocycles. The van der Waals surface area contributed by atoms with E-state index in [2.05, 4.69) is 20.9 Å². The average molecular weight is 324 g/mol. The second kappa shape index (κ2) is 4.99. The van der Waals surface area contributed by atoms with E-state index in [0.29, 0.717) is 13.2 Å². The third kappa shape index (κ3) is 2.07. The fourth-order valence-electron chi connectivity index (χ4n) is 2.93. The van der Waals surface area contributed by atoms with Crippen LogP contribution in [0.5, 0.6) is 11.5 Å². The molecule has 1 aromatic carbocycles. The molecule has 0 saturated heterocycles. The molecular weight excluding hydrogens is 310 g/mol. The fourth-order valence-corrected chi connectivity index (χ4v) is 3.74. The van der Waals surface area contributed by atoms with E-state index in [-0.39, 0.29) is 0 Å². The van der Waals surface area contributed by atoms with E-state index in [0.717, 1.165) is 47.2 Å². The Hall–Kier alpha value is -1.32. The SMILES string of the molecule is O=C=NC1(c2ccc3c(c2Br)OCCO3)CCCC1. The van der Waals surface area contributed by atoms with Gasteiger partial charge in [-0.2, -0.15) is 4.99 Å². The lowest BCUT2D eigenvalue weighted by molar-refractivity contribution is 0.170. The smallest absolute Gasteiger partial charge is 0.235 e. The third-order valence-corrected chi connectivity index (χ3v) is 4.63. The van der Waals surface area contributed by atoms with Gasteiger partial charge in [-0.25, -0.2) is 4.79 Å². The number of rotatable bonds is 2. The van der Waals surface area contributed by atoms with Crippen LogP contribution in [0.4, 0.5) is 0 Å². The maximum absolute atomic E-state index is 10.8. The number of carbonyl (C=O) groups excluding carboxylic acids is 1. The number of nitrogens with zero attached hydrogens (tertiary/aromatic N) is 1. The molecule has 0 N–H and O–H groups in total. The lowest BCUT2D eigenvalue weighted by Gasteiger charge is -2.27. The molecule has 1 fully saturated rings. The highest BCUT2D eigenvalue weighted by atomic mass is 79.9. The fraction of sp³-hybridized carbons (Fsp3) is 0.500. The highest BCUT2D eigenvalue weighted by molar-refractivity contribution is 9.10. The first kappa shape index (κ1) is 12.7. The minimum Gasteiger partial charge on any atom is -0.486 e. The van der Waals surface area contributed by atoms with Crippen molar-refractivity contribution in [3.8, 4) is 11.5 Å². The number of aliphatic imine (C=N–C) groups is 1. The minimum atomic E-state index is -0.448. The Labute approximate surface area is 119 Å². The highest BCUT2D eigenvalue weighted by Gasteiger charge is 2.38. The molecule has 1 aliphatic heterocycles. The van der Waals surface area contributed by atoms with Crippen molar-refractivity contribution in [2.75, 3.05) is 13.2 Å². The molecule has 1 saturated carbocycles. The second-order valence-electron chi connectivity index (χ2n) is 4.89. The van der Waals surface area contributed by atoms with Gasteiger partial charge in [0, 0.05) is 0 Å². The van der Waals surface area contributed by atoms with Gasteiger partial charge in [-0.3, -0.25) is 0 Å². The van der Waals surface area contributed by atoms with Crippen molar-refractivity contribution >= 4 is 22.0 Å². The summed E-state index contributed by atoms with van der Waals surface area (Å²) in [6, 6.07) is 3.87. The van der Waals surface area contributed by atoms with E-state index >= 15 is 0 Å². The Morgan fingerprint density at radius 2 is 1.95 bits per heavy atom. The molecule has 0 radical (unpaired) electrons. The summed E-state index contributed by atoms with van der Waals surface area (Å²) in [6.07, 6.45) is 5.64. The molecule has 0 spiro atoms. The normalized spacial score (nSPS) is 19.8. The Balaban J connectivity index is 2.12. The molecule has 0 bridgehead atoms. The molecule has 2 aliphatic rings. The summed E-state index contributed by atoms with van der Waals surface area (Å²) < 4.78 is 12.1. The van der Waals surface area contributed by atoms with Crippen LogP contribution in [0.25, 0.3) is 0 Å². The van der Waals surface area contributed by atoms with Crippen LogP contribution in [0.15, 0.2) is 21.6 Å². The number of benzene rings is 1. The van der Waals surface area contributed by atoms with E-state index in [4.69, 9.17) is 9.47 Å². The van der Waals surface area contributed by atoms with Crippen LogP contribution in [0, 0.1) is 0 Å². The number of fused-ring (bicyclic) bond motifs is 1. The molecule has 19 heavy (non-hydrogen) atoms. The van der Waals surface area contributed by atoms with Crippen molar-refractivity contribution < 1.29 is 14.3 Å². The van der Waals surface area contributed by atoms with Crippen molar-refractivity contribution in [1.82, 2.24) is 0 Å². The van der Waals surface area contributed by atoms with Gasteiger partial charge in [0.15, 0.2) is 11.5 Å². The van der Waals surface area contributed by atoms with E-state index in [1.807, 2.05) is 12.1 Å². The predicted octanol–water partition coefficient (Wildman–Crippen LogP) is 3.33. The van der Waals surface area contributed by atoms with Gasteiger partial charge >= 0.3 is 0 Å². The van der Waals surface area contributed by atoms with Crippen LogP contribution in [0.2, 0.25) is 0 Å². The van der Waals surface area contributed by atoms with Gasteiger partial charge in [-0.05, 0) is 40.4 Å². The van der Waals surface area contributed by atoms with Gasteiger partial charge in [0.2, 0.25) is 6.08 Å². The number of hydrogen-bond acceptors (Lipinski definition) is 4. The number of halogens is 1. The summed E-state index contributed by atoms with van der Waals surface area (Å²) in [4.78, 5) is 14.9. The minimum absolute atomic E-state index is 0.448. The number of hydrogen-bond donors (Lipinski definition) is 0. The molecule has 0 aromatic heterocycles. The zero-order valence-electron chi connectivity index (χ0n) is 10.4. The highest BCUT2D eigenvalue weighted by Crippen LogP contribution is 2.49. The monoisotopic (exact) mass is 323 g/mol. The zero-order chi connectivity index (χ0) is 13.3. The standard InChI is InChI=1S/C14H14BrNO3/c15-12-10(14(16-9-17)5-1-2-6-14)3-4-11-13(12)19-8-7-18-11/h3-4H,1-2,5-8H2. The molecular formula is C14H14BrNO3. The van der Waals surface area contributed by atoms with Crippen LogP contribution >= 0.6 is 15.9 Å². The van der Waals surface area contributed by atoms with E-state index in [1.54, 1.807) is 6.08 Å². The molecule has 4 nitrogen and oxygen atoms in total. The largest absolute Gasteiger partial charge is 0.486 e. The molecule has 5 heteroatoms. The molecule has 3 rings (SSSR count). The van der Waals surface area contributed by atoms with E-state index in [1.165, 1.54) is 0 Å². The zero-order valence-corrected chi connectivity index (χ0v) is 12.0. The van der Waals surface area contributed by atoms with E-state index in [9.17, 15) is 4.79 Å². The topological polar surface area (TPSA) is 47.9 Å². The molecule has 100 valence electrons. The first-order valence-corrected chi connectivity index (χ1v) is 7.24. The van der Waals surface area contributed by atoms with Crippen molar-refractivity contribution in [2.45, 2.75) is 31.2 Å². The number of isocyanates is 1. The third-order valence-electron chi connectivity index (χ3n) is 3.84. The Morgan fingerprint density at radius 3 is 2.68 bits per heavy atom. The average Bonchev–Trinajstić information content (AvgIpc) is 2.89. The summed E-state index contributed by atoms with van der Waals surface area (Å²) >= 11 is 3.59. The lowest BCUT2D eigenvalue weighted by atomic mass is 9.88. The Bertz CT molecular complexity index is 546. The van der Waals surface area contributed by atoms with Crippen molar-refractivity contribution in [3.05, 3.63) is 22.2 Å². The van der Waals surface area contributed by atoms with Gasteiger partial charge in [0.1, 0.15) is 13.2 Å². The predicted molar refractivity (Wildman–Crippen MR) is 73.4 cm³/mol. The van der Waals surface area contributed by atoms with Gasteiger partial charge in [0.05, 0.1) is 10.0 Å². The summed E-state index contributed by atoms with van der Waals surface area (Å²) in [5.41, 5.74) is 0.550. The lowest BCUT2D eigenvalue weighted by Crippen LogP contribution is -2.22. The van der Waals surface area contributed by atoms with Crippen LogP contribution in [-0.4, -0.2) is 19.3 Å². The van der Waals surface area contributed by atoms with Gasteiger partial charge in [0.25, 0.3) is 0 Å². The van der Waals surface area contributed by atoms with Gasteiger partial charge < -0.3 is 9.47 Å². The Kier molecular flexibility index (Phi) is 3.33. The summed E-state index contributed by atoms with van der Waals surface area (Å²) in [7, 11) is 0. The maximum Gasteiger partial charge on any atom is 0.235 e. The van der Waals surface area contributed by atoms with Crippen LogP contribution in [-0.2, 0) is 10.3 Å². The quantitative estimate of drug-likeness (QED) is 0.619. The molecule has 0 amide bonds. The van der Waals surface area contributed by atoms with Crippen LogP contribution < -0.4 is 9.47 Å². The van der Waals surface area contributed by atoms with E-state index < -0.39 is 5.54 Å². The first-order valence-electron chi connectivity index (χ1n) is 6.44. The first-order chi connectivity index (χ1) is 9.27. The summed E-state index contributed by atoms with van der Waals surface area (Å²) in [6.45, 7) is 1.11. The molecule has 0 atom stereocenters. The summed E-state index contributed by atoms with van der Waals surface area (Å²) in [5.74, 6) is 1.46. The molecule has 1 aromatic rings. The molecule has 0 unspecified atom stereocenters. The van der Waals surface area contributed by atoms with Gasteiger partial charge in [-0.15, -0.1) is 0 Å². The van der Waals surface area contributed by atoms with Crippen molar-refractivity contribution in [2.24, 2.45) is 4.99 Å². The van der Waals surface area contributed by atoms with Crippen molar-refractivity contribution in [3.63, 3.8) is 0 Å². The van der Waals surface area contributed by atoms with Crippen LogP contribution in [0.3, 0.4) is 0 Å². The van der Waals surface area contributed by atoms with Crippen LogP contribution in [0.1, 0.15) is 31.2 Å².